The topological polar surface area (TPSA) is 146 Å². The lowest BCUT2D eigenvalue weighted by Gasteiger charge is -2.76. The normalized spacial score (nSPS) is 49.5. The smallest absolute Gasteiger partial charge is 0.331 e. The molecule has 0 amide bonds. The summed E-state index contributed by atoms with van der Waals surface area (Å²) in [6.07, 6.45) is 21.7. The summed E-state index contributed by atoms with van der Waals surface area (Å²) in [7, 11) is 2.00. The fourth-order valence-corrected chi connectivity index (χ4v) is 27.7. The zero-order valence-corrected chi connectivity index (χ0v) is 52.7. The molecule has 9 heteroatoms. The number of ether oxygens (including phenoxy) is 2. The molecule has 17 bridgehead atoms. The monoisotopic (exact) mass is 1200 g/mol. The molecule has 0 radical (unpaired) electrons. The minimum Gasteiger partial charge on any atom is -0.454 e. The molecule has 13 aliphatic carbocycles. The van der Waals surface area contributed by atoms with E-state index in [2.05, 4.69) is 96.6 Å². The molecular formula is C80H95NO8. The zero-order valence-electron chi connectivity index (χ0n) is 52.7. The maximum Gasteiger partial charge on any atom is 0.331 e. The number of hydrogen-bond donors (Lipinski definition) is 5. The molecule has 9 nitrogen and oxygen atoms in total. The van der Waals surface area contributed by atoms with Crippen LogP contribution >= 0.6 is 0 Å². The van der Waals surface area contributed by atoms with Gasteiger partial charge in [-0.2, -0.15) is 0 Å². The summed E-state index contributed by atoms with van der Waals surface area (Å²) in [5, 5.41) is 62.0. The first-order valence-corrected chi connectivity index (χ1v) is 35.9. The van der Waals surface area contributed by atoms with Gasteiger partial charge in [-0.15, -0.1) is 5.92 Å². The van der Waals surface area contributed by atoms with Crippen molar-refractivity contribution in [2.24, 2.45) is 110 Å². The van der Waals surface area contributed by atoms with Crippen molar-refractivity contribution in [2.75, 3.05) is 7.05 Å². The number of benzene rings is 3. The molecule has 10 saturated carbocycles. The third-order valence-corrected chi connectivity index (χ3v) is 30.6. The van der Waals surface area contributed by atoms with Gasteiger partial charge in [0.1, 0.15) is 18.0 Å². The zero-order chi connectivity index (χ0) is 60.2. The van der Waals surface area contributed by atoms with Gasteiger partial charge in [0.25, 0.3) is 0 Å². The standard InChI is InChI=1S/C80H95NO8/c1-46-52-20-19-49(31-52)30-47-11-8-12-48(29-47)32-59-35-57-36-63-61-18-10-16-54-39-75-43-74(26-6-7-27-74)28-25-51-15-9-17-55(42-82)62(51)37-68(81-2)64-34-56(70(75)65-38-69(84)89-71(64)65)40-79(75,86)78(85)41-58-33-53(46)21-23-67-73(88-59)77(57,44-76(45-83,72(54)78)80(58,67)87)66(63)24-22-60(61)50-13-4-3-5-14-50/h3-5,8-9,11-15,17,29,38,45-46,49,52-54,56-61,63-64,66-68,70-73,81-82,85-87H,6-7,18-24,26-27,30-37,39-44H2,1-2H3. The predicted molar refractivity (Wildman–Crippen MR) is 339 cm³/mol. The second-order valence-electron chi connectivity index (χ2n) is 33.5. The van der Waals surface area contributed by atoms with Crippen molar-refractivity contribution < 1.29 is 39.5 Å². The molecular weight excluding hydrogens is 1100 g/mol. The van der Waals surface area contributed by atoms with Gasteiger partial charge in [-0.1, -0.05) is 104 Å². The van der Waals surface area contributed by atoms with Crippen LogP contribution < -0.4 is 5.32 Å². The van der Waals surface area contributed by atoms with Crippen molar-refractivity contribution in [3.8, 4) is 23.7 Å². The third-order valence-electron chi connectivity index (χ3n) is 30.6. The van der Waals surface area contributed by atoms with E-state index in [-0.39, 0.29) is 84.6 Å². The van der Waals surface area contributed by atoms with Crippen LogP contribution in [0.4, 0.5) is 0 Å². The lowest BCUT2D eigenvalue weighted by molar-refractivity contribution is -0.376. The maximum absolute atomic E-state index is 16.4. The van der Waals surface area contributed by atoms with Crippen molar-refractivity contribution in [3.05, 3.63) is 118 Å². The molecule has 3 spiro atoms. The minimum absolute atomic E-state index is 0.0318. The Hall–Kier alpha value is -4.58. The molecule has 0 aromatic heterocycles. The van der Waals surface area contributed by atoms with Crippen molar-refractivity contribution >= 4 is 12.3 Å². The summed E-state index contributed by atoms with van der Waals surface area (Å²) < 4.78 is 14.8. The highest BCUT2D eigenvalue weighted by atomic mass is 16.5. The molecule has 3 aliphatic heterocycles. The average Bonchev–Trinajstić information content (AvgIpc) is 1.61. The van der Waals surface area contributed by atoms with E-state index in [1.807, 2.05) is 19.2 Å². The fourth-order valence-electron chi connectivity index (χ4n) is 27.7. The Labute approximate surface area is 528 Å². The number of fused-ring (bicyclic) bond motifs is 9. The van der Waals surface area contributed by atoms with E-state index in [0.29, 0.717) is 81.0 Å². The van der Waals surface area contributed by atoms with Gasteiger partial charge in [0, 0.05) is 64.0 Å². The second-order valence-corrected chi connectivity index (χ2v) is 33.5. The van der Waals surface area contributed by atoms with Crippen LogP contribution in [0.1, 0.15) is 181 Å². The molecule has 3 aromatic rings. The highest BCUT2D eigenvalue weighted by Crippen LogP contribution is 2.83. The van der Waals surface area contributed by atoms with Gasteiger partial charge in [-0.3, -0.25) is 0 Å². The number of carbonyl (C=O) groups excluding carboxylic acids is 2. The van der Waals surface area contributed by atoms with Crippen LogP contribution in [-0.2, 0) is 44.9 Å². The number of aldehydes is 1. The van der Waals surface area contributed by atoms with E-state index in [4.69, 9.17) is 9.47 Å². The summed E-state index contributed by atoms with van der Waals surface area (Å²) in [5.74, 6) is 16.0. The van der Waals surface area contributed by atoms with Gasteiger partial charge in [0.05, 0.1) is 35.4 Å². The molecule has 468 valence electrons. The number of aliphatic hydroxyl groups excluding tert-OH is 1. The highest BCUT2D eigenvalue weighted by molar-refractivity contribution is 5.86. The van der Waals surface area contributed by atoms with E-state index in [0.717, 1.165) is 99.3 Å². The molecule has 3 aromatic carbocycles. The van der Waals surface area contributed by atoms with Crippen LogP contribution in [0.15, 0.2) is 84.4 Å². The Morgan fingerprint density at radius 3 is 2.38 bits per heavy atom. The lowest BCUT2D eigenvalue weighted by atomic mass is 9.30. The molecule has 5 N–H and O–H groups in total. The molecule has 26 unspecified atom stereocenters. The number of esters is 1. The summed E-state index contributed by atoms with van der Waals surface area (Å²) in [4.78, 5) is 30.8. The van der Waals surface area contributed by atoms with Gasteiger partial charge in [-0.25, -0.2) is 4.79 Å². The van der Waals surface area contributed by atoms with Crippen molar-refractivity contribution in [1.82, 2.24) is 5.32 Å². The Balaban J connectivity index is 0.889. The Morgan fingerprint density at radius 1 is 0.764 bits per heavy atom. The van der Waals surface area contributed by atoms with Gasteiger partial charge in [0.2, 0.25) is 0 Å². The van der Waals surface area contributed by atoms with Crippen LogP contribution in [0.5, 0.6) is 0 Å². The van der Waals surface area contributed by atoms with E-state index in [1.54, 1.807) is 6.08 Å². The highest BCUT2D eigenvalue weighted by Gasteiger charge is 2.88. The van der Waals surface area contributed by atoms with Gasteiger partial charge >= 0.3 is 5.97 Å². The first kappa shape index (κ1) is 57.1. The number of rotatable bonds is 4. The Kier molecular flexibility index (Phi) is 13.0. The summed E-state index contributed by atoms with van der Waals surface area (Å²) >= 11 is 0. The maximum atomic E-state index is 16.4. The summed E-state index contributed by atoms with van der Waals surface area (Å²) in [6.45, 7) is 2.41. The largest absolute Gasteiger partial charge is 0.454 e. The Morgan fingerprint density at radius 2 is 1.56 bits per heavy atom. The summed E-state index contributed by atoms with van der Waals surface area (Å²) in [6, 6.07) is 26.7. The molecule has 26 atom stereocenters. The van der Waals surface area contributed by atoms with Crippen LogP contribution in [0, 0.1) is 134 Å². The number of hydrogen-bond acceptors (Lipinski definition) is 9. The van der Waals surface area contributed by atoms with E-state index >= 15 is 20.1 Å². The number of carbonyl (C=O) groups is 2. The molecule has 3 heterocycles. The molecule has 11 fully saturated rings. The SMILES string of the molecule is CNC1Cc2c(cccc2CO)C#CC2(CCCC2)CC23CC4C#CCC5C(c6ccccc6)CCC6C5CC5CC7Cc8cccc(c8)CC8CCC(C8)C(C)C8CCC9C(O7)C56CC5(C=O)C4C(O)(CC(C8)C95O)C2(O)CC2CC1C1OC(=O)C=C1C23. The number of likely N-dealkylation sites (N-methyl/N-ethyl adjacent to an activating group) is 1. The van der Waals surface area contributed by atoms with E-state index in [1.165, 1.54) is 42.2 Å². The number of nitrogens with one attached hydrogen (secondary N) is 1. The molecule has 89 heavy (non-hydrogen) atoms. The molecule has 19 rings (SSSR count). The molecule has 16 aliphatic rings. The minimum atomic E-state index is -1.86. The lowest BCUT2D eigenvalue weighted by Crippen LogP contribution is -2.84. The van der Waals surface area contributed by atoms with Gasteiger partial charge in [0.15, 0.2) is 0 Å². The van der Waals surface area contributed by atoms with E-state index in [9.17, 15) is 9.90 Å². The van der Waals surface area contributed by atoms with Crippen LogP contribution in [0.25, 0.3) is 0 Å². The van der Waals surface area contributed by atoms with Crippen LogP contribution in [0.2, 0.25) is 0 Å². The van der Waals surface area contributed by atoms with Crippen LogP contribution in [-0.4, -0.2) is 80.9 Å². The molecule has 1 saturated heterocycles. The second kappa shape index (κ2) is 20.2. The third kappa shape index (κ3) is 7.68. The first-order chi connectivity index (χ1) is 43.2. The fraction of sp³-hybridized carbons (Fsp3) is 0.675. The van der Waals surface area contributed by atoms with Gasteiger partial charge in [-0.05, 0) is 252 Å². The first-order valence-electron chi connectivity index (χ1n) is 35.9. The van der Waals surface area contributed by atoms with Crippen molar-refractivity contribution in [2.45, 2.75) is 215 Å². The van der Waals surface area contributed by atoms with Crippen molar-refractivity contribution in [3.63, 3.8) is 0 Å². The van der Waals surface area contributed by atoms with Gasteiger partial charge < -0.3 is 40.0 Å². The number of aliphatic hydroxyl groups is 4. The van der Waals surface area contributed by atoms with Crippen molar-refractivity contribution in [1.29, 1.82) is 0 Å². The average molecular weight is 1200 g/mol. The van der Waals surface area contributed by atoms with Crippen LogP contribution in [0.3, 0.4) is 0 Å². The predicted octanol–water partition coefficient (Wildman–Crippen LogP) is 11.8. The quantitative estimate of drug-likeness (QED) is 0.0979. The van der Waals surface area contributed by atoms with E-state index < -0.39 is 62.3 Å². The summed E-state index contributed by atoms with van der Waals surface area (Å²) in [5.41, 5.74) is -0.735. The Bertz CT molecular complexity index is 3550.